The van der Waals surface area contributed by atoms with Gasteiger partial charge in [0.15, 0.2) is 0 Å². The van der Waals surface area contributed by atoms with Crippen molar-refractivity contribution >= 4 is 0 Å². The molecule has 0 unspecified atom stereocenters. The summed E-state index contributed by atoms with van der Waals surface area (Å²) in [5, 5.41) is 19.7. The van der Waals surface area contributed by atoms with E-state index in [0.717, 1.165) is 23.1 Å². The van der Waals surface area contributed by atoms with Crippen LogP contribution in [-0.2, 0) is 0 Å². The summed E-state index contributed by atoms with van der Waals surface area (Å²) >= 11 is 0. The molecule has 4 N–H and O–H groups in total. The highest BCUT2D eigenvalue weighted by molar-refractivity contribution is 5.42. The maximum Gasteiger partial charge on any atom is 0.116 e. The Morgan fingerprint density at radius 1 is 1.11 bits per heavy atom. The van der Waals surface area contributed by atoms with Crippen LogP contribution in [0.4, 0.5) is 0 Å². The molecule has 0 aromatic heterocycles. The molecule has 0 saturated heterocycles. The van der Waals surface area contributed by atoms with Gasteiger partial charge in [-0.3, -0.25) is 0 Å². The van der Waals surface area contributed by atoms with Crippen LogP contribution in [0.25, 0.3) is 0 Å². The minimum atomic E-state index is -0.533. The van der Waals surface area contributed by atoms with E-state index in [1.165, 1.54) is 0 Å². The van der Waals surface area contributed by atoms with Gasteiger partial charge in [-0.15, -0.1) is 0 Å². The van der Waals surface area contributed by atoms with E-state index in [9.17, 15) is 10.2 Å². The number of aromatic hydroxyl groups is 1. The maximum atomic E-state index is 10.2. The van der Waals surface area contributed by atoms with Crippen LogP contribution in [0.5, 0.6) is 5.75 Å². The summed E-state index contributed by atoms with van der Waals surface area (Å²) in [6.45, 7) is 8.10. The topological polar surface area (TPSA) is 66.5 Å². The number of hydrogen-bond donors (Lipinski definition) is 3. The quantitative estimate of drug-likeness (QED) is 0.754. The third-order valence-electron chi connectivity index (χ3n) is 3.37. The number of aliphatic hydroxyl groups is 1. The average Bonchev–Trinajstić information content (AvgIpc) is 2.24. The van der Waals surface area contributed by atoms with Crippen LogP contribution < -0.4 is 5.73 Å². The fraction of sp³-hybridized carbons (Fsp3) is 0.600. The Morgan fingerprint density at radius 2 is 1.61 bits per heavy atom. The minimum Gasteiger partial charge on any atom is -0.508 e. The SMILES string of the molecule is Cc1cc(O)cc(C)c1[C@@H](N)[C@@H](O)CCC(C)C. The van der Waals surface area contributed by atoms with E-state index in [0.29, 0.717) is 12.3 Å². The normalized spacial score (nSPS) is 14.8. The molecule has 3 heteroatoms. The molecule has 0 aliphatic rings. The number of benzene rings is 1. The molecule has 0 spiro atoms. The van der Waals surface area contributed by atoms with Crippen molar-refractivity contribution in [3.05, 3.63) is 28.8 Å². The molecule has 1 aromatic rings. The monoisotopic (exact) mass is 251 g/mol. The lowest BCUT2D eigenvalue weighted by molar-refractivity contribution is 0.128. The molecule has 0 fully saturated rings. The van der Waals surface area contributed by atoms with Gasteiger partial charge in [0, 0.05) is 0 Å². The largest absolute Gasteiger partial charge is 0.508 e. The van der Waals surface area contributed by atoms with E-state index >= 15 is 0 Å². The van der Waals surface area contributed by atoms with Crippen molar-refractivity contribution in [3.63, 3.8) is 0 Å². The van der Waals surface area contributed by atoms with Crippen molar-refractivity contribution < 1.29 is 10.2 Å². The van der Waals surface area contributed by atoms with Crippen LogP contribution in [-0.4, -0.2) is 16.3 Å². The Hall–Kier alpha value is -1.06. The number of phenolic OH excluding ortho intramolecular Hbond substituents is 1. The zero-order valence-corrected chi connectivity index (χ0v) is 11.8. The lowest BCUT2D eigenvalue weighted by Gasteiger charge is -2.23. The van der Waals surface area contributed by atoms with Gasteiger partial charge in [-0.2, -0.15) is 0 Å². The van der Waals surface area contributed by atoms with Gasteiger partial charge in [-0.05, 0) is 61.4 Å². The highest BCUT2D eigenvalue weighted by Gasteiger charge is 2.20. The molecule has 0 bridgehead atoms. The fourth-order valence-corrected chi connectivity index (χ4v) is 2.35. The van der Waals surface area contributed by atoms with E-state index in [1.807, 2.05) is 13.8 Å². The van der Waals surface area contributed by atoms with Crippen molar-refractivity contribution in [2.75, 3.05) is 0 Å². The van der Waals surface area contributed by atoms with Crippen molar-refractivity contribution in [2.45, 2.75) is 52.7 Å². The van der Waals surface area contributed by atoms with Crippen LogP contribution in [0.1, 0.15) is 49.4 Å². The smallest absolute Gasteiger partial charge is 0.116 e. The van der Waals surface area contributed by atoms with Gasteiger partial charge >= 0.3 is 0 Å². The second-order valence-corrected chi connectivity index (χ2v) is 5.56. The van der Waals surface area contributed by atoms with E-state index < -0.39 is 6.10 Å². The molecule has 0 amide bonds. The molecular formula is C15H25NO2. The average molecular weight is 251 g/mol. The summed E-state index contributed by atoms with van der Waals surface area (Å²) in [4.78, 5) is 0. The zero-order chi connectivity index (χ0) is 13.9. The summed E-state index contributed by atoms with van der Waals surface area (Å²) in [6, 6.07) is 3.00. The molecule has 0 radical (unpaired) electrons. The van der Waals surface area contributed by atoms with Gasteiger partial charge < -0.3 is 15.9 Å². The predicted molar refractivity (Wildman–Crippen MR) is 74.6 cm³/mol. The van der Waals surface area contributed by atoms with Gasteiger partial charge in [0.1, 0.15) is 5.75 Å². The summed E-state index contributed by atoms with van der Waals surface area (Å²) in [5.41, 5.74) is 8.96. The molecule has 1 aromatic carbocycles. The Labute approximate surface area is 110 Å². The number of rotatable bonds is 5. The van der Waals surface area contributed by atoms with Gasteiger partial charge in [-0.25, -0.2) is 0 Å². The minimum absolute atomic E-state index is 0.248. The molecule has 0 saturated carbocycles. The molecule has 102 valence electrons. The lowest BCUT2D eigenvalue weighted by Crippen LogP contribution is -2.28. The van der Waals surface area contributed by atoms with Gasteiger partial charge in [0.05, 0.1) is 12.1 Å². The van der Waals surface area contributed by atoms with Gasteiger partial charge in [0.25, 0.3) is 0 Å². The van der Waals surface area contributed by atoms with Crippen molar-refractivity contribution in [3.8, 4) is 5.75 Å². The van der Waals surface area contributed by atoms with Crippen LogP contribution in [0.2, 0.25) is 0 Å². The van der Waals surface area contributed by atoms with Crippen molar-refractivity contribution in [1.29, 1.82) is 0 Å². The fourth-order valence-electron chi connectivity index (χ4n) is 2.35. The molecule has 2 atom stereocenters. The van der Waals surface area contributed by atoms with E-state index in [4.69, 9.17) is 5.73 Å². The second kappa shape index (κ2) is 6.21. The summed E-state index contributed by atoms with van der Waals surface area (Å²) in [5.74, 6) is 0.812. The molecule has 1 rings (SSSR count). The Balaban J connectivity index is 2.86. The van der Waals surface area contributed by atoms with Crippen LogP contribution in [0, 0.1) is 19.8 Å². The number of nitrogens with two attached hydrogens (primary N) is 1. The molecule has 3 nitrogen and oxygen atoms in total. The van der Waals surface area contributed by atoms with Crippen molar-refractivity contribution in [1.82, 2.24) is 0 Å². The highest BCUT2D eigenvalue weighted by atomic mass is 16.3. The Bertz CT molecular complexity index is 378. The Morgan fingerprint density at radius 3 is 2.06 bits per heavy atom. The molecule has 0 aliphatic heterocycles. The van der Waals surface area contributed by atoms with Crippen LogP contribution in [0.3, 0.4) is 0 Å². The number of aliphatic hydroxyl groups excluding tert-OH is 1. The van der Waals surface area contributed by atoms with Gasteiger partial charge in [0.2, 0.25) is 0 Å². The first-order chi connectivity index (χ1) is 8.32. The zero-order valence-electron chi connectivity index (χ0n) is 11.8. The number of hydrogen-bond acceptors (Lipinski definition) is 3. The van der Waals surface area contributed by atoms with Crippen LogP contribution >= 0.6 is 0 Å². The number of phenols is 1. The molecular weight excluding hydrogens is 226 g/mol. The maximum absolute atomic E-state index is 10.2. The third-order valence-corrected chi connectivity index (χ3v) is 3.37. The lowest BCUT2D eigenvalue weighted by atomic mass is 9.90. The third kappa shape index (κ3) is 3.72. The predicted octanol–water partition coefficient (Wildman–Crippen LogP) is 2.81. The molecule has 18 heavy (non-hydrogen) atoms. The first kappa shape index (κ1) is 15.0. The second-order valence-electron chi connectivity index (χ2n) is 5.56. The summed E-state index contributed by atoms with van der Waals surface area (Å²) in [7, 11) is 0. The molecule has 0 heterocycles. The highest BCUT2D eigenvalue weighted by Crippen LogP contribution is 2.28. The molecule has 0 aliphatic carbocycles. The summed E-state index contributed by atoms with van der Waals surface area (Å²) in [6.07, 6.45) is 1.14. The van der Waals surface area contributed by atoms with Crippen molar-refractivity contribution in [2.24, 2.45) is 11.7 Å². The number of aryl methyl sites for hydroxylation is 2. The first-order valence-corrected chi connectivity index (χ1v) is 6.56. The summed E-state index contributed by atoms with van der Waals surface area (Å²) < 4.78 is 0. The van der Waals surface area contributed by atoms with E-state index in [2.05, 4.69) is 13.8 Å². The Kier molecular flexibility index (Phi) is 5.17. The van der Waals surface area contributed by atoms with E-state index in [1.54, 1.807) is 12.1 Å². The van der Waals surface area contributed by atoms with Gasteiger partial charge in [-0.1, -0.05) is 13.8 Å². The first-order valence-electron chi connectivity index (χ1n) is 6.56. The van der Waals surface area contributed by atoms with Crippen LogP contribution in [0.15, 0.2) is 12.1 Å². The van der Waals surface area contributed by atoms with E-state index in [-0.39, 0.29) is 11.8 Å². The standard InChI is InChI=1S/C15H25NO2/c1-9(2)5-6-13(18)15(16)14-10(3)7-12(17)8-11(14)4/h7-9,13,15,17-18H,5-6,16H2,1-4H3/t13-,15-/m0/s1.